The van der Waals surface area contributed by atoms with E-state index in [0.29, 0.717) is 36.7 Å². The van der Waals surface area contributed by atoms with Crippen molar-refractivity contribution >= 4 is 23.9 Å². The van der Waals surface area contributed by atoms with Gasteiger partial charge in [-0.3, -0.25) is 9.69 Å². The zero-order valence-electron chi connectivity index (χ0n) is 23.4. The Hall–Kier alpha value is -4.24. The summed E-state index contributed by atoms with van der Waals surface area (Å²) in [6, 6.07) is 8.92. The van der Waals surface area contributed by atoms with E-state index in [2.05, 4.69) is 32.0 Å². The zero-order valence-corrected chi connectivity index (χ0v) is 23.4. The first-order chi connectivity index (χ1) is 20.2. The Morgan fingerprint density at radius 2 is 1.90 bits per heavy atom. The van der Waals surface area contributed by atoms with E-state index in [0.717, 1.165) is 43.9 Å². The lowest BCUT2D eigenvalue weighted by atomic mass is 10.0. The number of nitrogens with two attached hydrogens (primary N) is 1. The van der Waals surface area contributed by atoms with Gasteiger partial charge in [-0.1, -0.05) is 18.1 Å². The Kier molecular flexibility index (Phi) is 10.3. The number of aryl methyl sites for hydroxylation is 1. The van der Waals surface area contributed by atoms with Gasteiger partial charge in [-0.05, 0) is 79.9 Å². The highest BCUT2D eigenvalue weighted by Crippen LogP contribution is 2.34. The first kappa shape index (κ1) is 30.7. The van der Waals surface area contributed by atoms with Crippen molar-refractivity contribution < 1.29 is 18.0 Å². The molecule has 0 radical (unpaired) electrons. The van der Waals surface area contributed by atoms with Crippen molar-refractivity contribution in [2.24, 2.45) is 5.73 Å². The number of anilines is 1. The number of nitrogens with zero attached hydrogens (tertiary/aromatic N) is 3. The van der Waals surface area contributed by atoms with E-state index in [1.54, 1.807) is 30.5 Å². The van der Waals surface area contributed by atoms with E-state index in [1.807, 2.05) is 11.8 Å². The quantitative estimate of drug-likeness (QED) is 0.221. The van der Waals surface area contributed by atoms with Crippen LogP contribution in [0.5, 0.6) is 0 Å². The number of amides is 1. The second kappa shape index (κ2) is 14.1. The van der Waals surface area contributed by atoms with Crippen molar-refractivity contribution in [3.05, 3.63) is 88.0 Å². The van der Waals surface area contributed by atoms with E-state index >= 15 is 0 Å². The van der Waals surface area contributed by atoms with Crippen LogP contribution in [-0.4, -0.2) is 71.2 Å². The molecule has 1 saturated heterocycles. The summed E-state index contributed by atoms with van der Waals surface area (Å²) in [7, 11) is 0. The van der Waals surface area contributed by atoms with Crippen molar-refractivity contribution in [3.63, 3.8) is 0 Å². The summed E-state index contributed by atoms with van der Waals surface area (Å²) in [5, 5.41) is 9.66. The number of carbonyl (C=O) groups excluding carboxylic acids is 1. The summed E-state index contributed by atoms with van der Waals surface area (Å²) < 4.78 is 42.1. The molecule has 1 fully saturated rings. The van der Waals surface area contributed by atoms with Gasteiger partial charge in [-0.15, -0.1) is 0 Å². The Morgan fingerprint density at radius 3 is 2.62 bits per heavy atom. The van der Waals surface area contributed by atoms with E-state index in [9.17, 15) is 18.0 Å². The van der Waals surface area contributed by atoms with E-state index in [4.69, 9.17) is 11.1 Å². The molecular weight excluding hydrogens is 543 g/mol. The number of hydrogen-bond donors (Lipinski definition) is 4. The summed E-state index contributed by atoms with van der Waals surface area (Å²) in [6.07, 6.45) is 2.21. The minimum Gasteiger partial charge on any atom is -0.332 e. The number of aromatic amines is 1. The monoisotopic (exact) mass is 577 g/mol. The van der Waals surface area contributed by atoms with Gasteiger partial charge in [0.25, 0.3) is 5.91 Å². The number of carbonyl (C=O) groups is 1. The molecule has 0 spiro atoms. The molecule has 0 bridgehead atoms. The van der Waals surface area contributed by atoms with E-state index in [1.165, 1.54) is 18.2 Å². The second-order valence-corrected chi connectivity index (χ2v) is 10.1. The molecule has 1 aromatic heterocycles. The number of alkyl halides is 3. The van der Waals surface area contributed by atoms with Crippen LogP contribution in [0.3, 0.4) is 0 Å². The third-order valence-corrected chi connectivity index (χ3v) is 6.99. The largest absolute Gasteiger partial charge is 0.416 e. The number of benzene rings is 2. The molecule has 220 valence electrons. The number of hydrogen-bond acceptors (Lipinski definition) is 6. The van der Waals surface area contributed by atoms with Gasteiger partial charge >= 0.3 is 6.18 Å². The third-order valence-electron chi connectivity index (χ3n) is 6.99. The van der Waals surface area contributed by atoms with Crippen LogP contribution in [0.2, 0.25) is 0 Å². The lowest BCUT2D eigenvalue weighted by molar-refractivity contribution is -0.138. The van der Waals surface area contributed by atoms with Gasteiger partial charge in [0, 0.05) is 55.8 Å². The molecule has 0 saturated carbocycles. The van der Waals surface area contributed by atoms with Crippen molar-refractivity contribution in [2.75, 3.05) is 44.6 Å². The molecule has 42 heavy (non-hydrogen) atoms. The first-order valence-electron chi connectivity index (χ1n) is 13.7. The number of piperazine rings is 1. The van der Waals surface area contributed by atoms with Gasteiger partial charge < -0.3 is 26.3 Å². The molecule has 0 aliphatic carbocycles. The van der Waals surface area contributed by atoms with Crippen LogP contribution in [0.25, 0.3) is 6.08 Å². The topological polar surface area (TPSA) is 114 Å². The Bertz CT molecular complexity index is 1490. The highest BCUT2D eigenvalue weighted by atomic mass is 19.4. The lowest BCUT2D eigenvalue weighted by Crippen LogP contribution is -2.46. The maximum atomic E-state index is 14.0. The van der Waals surface area contributed by atoms with Crippen molar-refractivity contribution in [3.8, 4) is 11.8 Å². The van der Waals surface area contributed by atoms with Crippen LogP contribution >= 0.6 is 0 Å². The number of rotatable bonds is 9. The summed E-state index contributed by atoms with van der Waals surface area (Å²) in [5.74, 6) is 5.99. The molecule has 2 aromatic carbocycles. The van der Waals surface area contributed by atoms with Crippen LogP contribution in [0.4, 0.5) is 18.9 Å². The maximum absolute atomic E-state index is 14.0. The summed E-state index contributed by atoms with van der Waals surface area (Å²) in [6.45, 7) is 6.52. The molecule has 3 aromatic rings. The van der Waals surface area contributed by atoms with Gasteiger partial charge in [0.15, 0.2) is 0 Å². The number of H-pyrrole nitrogens is 1. The van der Waals surface area contributed by atoms with Crippen LogP contribution in [0, 0.1) is 24.2 Å². The average molecular weight is 578 g/mol. The van der Waals surface area contributed by atoms with Gasteiger partial charge in [0.05, 0.1) is 11.8 Å². The van der Waals surface area contributed by atoms with Crippen LogP contribution in [0.1, 0.15) is 50.6 Å². The van der Waals surface area contributed by atoms with Crippen LogP contribution < -0.4 is 11.1 Å². The first-order valence-corrected chi connectivity index (χ1v) is 13.7. The molecule has 1 aliphatic heterocycles. The fourth-order valence-corrected chi connectivity index (χ4v) is 4.64. The molecule has 2 heterocycles. The van der Waals surface area contributed by atoms with Crippen LogP contribution in [-0.2, 0) is 12.7 Å². The minimum absolute atomic E-state index is 0.0684. The predicted octanol–water partition coefficient (Wildman–Crippen LogP) is 4.52. The Labute approximate surface area is 243 Å². The molecule has 0 atom stereocenters. The molecule has 0 unspecified atom stereocenters. The third kappa shape index (κ3) is 8.39. The summed E-state index contributed by atoms with van der Waals surface area (Å²) in [4.78, 5) is 24.5. The number of halogens is 3. The van der Waals surface area contributed by atoms with Crippen LogP contribution in [0.15, 0.2) is 48.7 Å². The number of imidazole rings is 1. The predicted molar refractivity (Wildman–Crippen MR) is 158 cm³/mol. The second-order valence-electron chi connectivity index (χ2n) is 10.1. The number of nitrogens with one attached hydrogen (secondary N) is 3. The van der Waals surface area contributed by atoms with Crippen molar-refractivity contribution in [1.29, 1.82) is 5.41 Å². The Balaban J connectivity index is 1.46. The molecular formula is C31H34F3N7O. The normalized spacial score (nSPS) is 14.5. The summed E-state index contributed by atoms with van der Waals surface area (Å²) in [5.41, 5.74) is 7.34. The molecule has 5 N–H and O–H groups in total. The van der Waals surface area contributed by atoms with Gasteiger partial charge in [-0.2, -0.15) is 13.2 Å². The van der Waals surface area contributed by atoms with Gasteiger partial charge in [0.2, 0.25) is 0 Å². The van der Waals surface area contributed by atoms with E-state index < -0.39 is 17.6 Å². The molecule has 1 aliphatic rings. The molecule has 1 amide bonds. The maximum Gasteiger partial charge on any atom is 0.416 e. The standard InChI is InChI=1S/C31H34F3N7O/c1-22-5-6-24(18-23(22)7-10-27-20-37-29(38-27)4-2-11-35)30(42)39-26-9-8-25(28(19-26)31(32,33)34)21-41-16-14-40(15-17-41)13-3-12-36/h2,4-6,8-9,11,18-20,35H,3,12-17,21,36H2,1H3,(H,37,38)(H,39,42)/b4-2-,35-11?. The Morgan fingerprint density at radius 1 is 1.14 bits per heavy atom. The van der Waals surface area contributed by atoms with Crippen molar-refractivity contribution in [1.82, 2.24) is 19.8 Å². The SMILES string of the molecule is Cc1ccc(C(=O)Nc2ccc(CN3CCN(CCCN)CC3)c(C(F)(F)F)c2)cc1C#Cc1cnc(/C=C\C=N)[nH]1. The minimum atomic E-state index is -4.56. The smallest absolute Gasteiger partial charge is 0.332 e. The lowest BCUT2D eigenvalue weighted by Gasteiger charge is -2.35. The number of aromatic nitrogens is 2. The molecule has 11 heteroatoms. The fraction of sp³-hybridized carbons (Fsp3) is 0.323. The zero-order chi connectivity index (χ0) is 30.1. The molecule has 8 nitrogen and oxygen atoms in total. The highest BCUT2D eigenvalue weighted by Gasteiger charge is 2.34. The van der Waals surface area contributed by atoms with Crippen molar-refractivity contribution in [2.45, 2.75) is 26.1 Å². The van der Waals surface area contributed by atoms with E-state index in [-0.39, 0.29) is 23.4 Å². The van der Waals surface area contributed by atoms with Gasteiger partial charge in [0.1, 0.15) is 11.5 Å². The average Bonchev–Trinajstić information content (AvgIpc) is 3.43. The molecule has 4 rings (SSSR count). The van der Waals surface area contributed by atoms with Gasteiger partial charge in [-0.25, -0.2) is 4.98 Å². The summed E-state index contributed by atoms with van der Waals surface area (Å²) >= 11 is 0. The highest BCUT2D eigenvalue weighted by molar-refractivity contribution is 6.04. The number of allylic oxidation sites excluding steroid dienone is 1. The fourth-order valence-electron chi connectivity index (χ4n) is 4.64.